The lowest BCUT2D eigenvalue weighted by molar-refractivity contribution is 0.400. The molecule has 0 aliphatic rings. The lowest BCUT2D eigenvalue weighted by Gasteiger charge is -2.07. The zero-order valence-corrected chi connectivity index (χ0v) is 9.13. The normalized spacial score (nSPS) is 12.4. The molecule has 1 atom stereocenters. The van der Waals surface area contributed by atoms with Gasteiger partial charge < -0.3 is 9.84 Å². The average molecular weight is 214 g/mol. The molecular formula is C10H14O3S. The second-order valence-electron chi connectivity index (χ2n) is 2.88. The lowest BCUT2D eigenvalue weighted by atomic mass is 10.3. The highest BCUT2D eigenvalue weighted by molar-refractivity contribution is 7.85. The molecule has 14 heavy (non-hydrogen) atoms. The fourth-order valence-electron chi connectivity index (χ4n) is 1.14. The van der Waals surface area contributed by atoms with Crippen LogP contribution in [0, 0.1) is 0 Å². The molecule has 0 heterocycles. The van der Waals surface area contributed by atoms with E-state index in [2.05, 4.69) is 0 Å². The third kappa shape index (κ3) is 2.48. The van der Waals surface area contributed by atoms with E-state index in [-0.39, 0.29) is 5.75 Å². The van der Waals surface area contributed by atoms with E-state index in [1.807, 2.05) is 6.92 Å². The summed E-state index contributed by atoms with van der Waals surface area (Å²) in [5.74, 6) is 1.26. The molecule has 0 saturated heterocycles. The van der Waals surface area contributed by atoms with Crippen LogP contribution in [0.15, 0.2) is 23.1 Å². The van der Waals surface area contributed by atoms with E-state index in [4.69, 9.17) is 4.74 Å². The van der Waals surface area contributed by atoms with E-state index < -0.39 is 10.8 Å². The Morgan fingerprint density at radius 1 is 1.50 bits per heavy atom. The van der Waals surface area contributed by atoms with Crippen molar-refractivity contribution < 1.29 is 14.1 Å². The van der Waals surface area contributed by atoms with Crippen molar-refractivity contribution >= 4 is 10.8 Å². The summed E-state index contributed by atoms with van der Waals surface area (Å²) in [5, 5.41) is 9.26. The van der Waals surface area contributed by atoms with E-state index in [0.29, 0.717) is 16.4 Å². The molecule has 1 rings (SSSR count). The van der Waals surface area contributed by atoms with Gasteiger partial charge in [0.15, 0.2) is 0 Å². The van der Waals surface area contributed by atoms with E-state index in [1.165, 1.54) is 19.2 Å². The maximum atomic E-state index is 11.7. The SMILES string of the molecule is CCCS(=O)c1cc(O)ccc1OC. The van der Waals surface area contributed by atoms with Gasteiger partial charge in [-0.1, -0.05) is 6.92 Å². The van der Waals surface area contributed by atoms with Crippen LogP contribution in [0.5, 0.6) is 11.5 Å². The van der Waals surface area contributed by atoms with Crippen molar-refractivity contribution in [1.82, 2.24) is 0 Å². The molecule has 0 saturated carbocycles. The van der Waals surface area contributed by atoms with Crippen molar-refractivity contribution in [2.45, 2.75) is 18.2 Å². The summed E-state index contributed by atoms with van der Waals surface area (Å²) < 4.78 is 16.8. The number of benzene rings is 1. The second-order valence-corrected chi connectivity index (χ2v) is 4.42. The van der Waals surface area contributed by atoms with Crippen LogP contribution in [0.25, 0.3) is 0 Å². The van der Waals surface area contributed by atoms with Gasteiger partial charge in [-0.3, -0.25) is 4.21 Å². The molecule has 0 amide bonds. The van der Waals surface area contributed by atoms with Gasteiger partial charge >= 0.3 is 0 Å². The number of hydrogen-bond acceptors (Lipinski definition) is 3. The predicted molar refractivity (Wildman–Crippen MR) is 56.2 cm³/mol. The van der Waals surface area contributed by atoms with E-state index in [9.17, 15) is 9.32 Å². The molecule has 0 aliphatic carbocycles. The molecule has 78 valence electrons. The zero-order valence-electron chi connectivity index (χ0n) is 8.32. The molecule has 0 radical (unpaired) electrons. The molecule has 1 N–H and O–H groups in total. The number of phenols is 1. The Bertz CT molecular complexity index is 336. The van der Waals surface area contributed by atoms with Crippen LogP contribution in [0.3, 0.4) is 0 Å². The van der Waals surface area contributed by atoms with Gasteiger partial charge in [0.05, 0.1) is 22.8 Å². The van der Waals surface area contributed by atoms with Crippen LogP contribution in [0.2, 0.25) is 0 Å². The third-order valence-electron chi connectivity index (χ3n) is 1.78. The number of rotatable bonds is 4. The summed E-state index contributed by atoms with van der Waals surface area (Å²) in [6.07, 6.45) is 0.839. The fourth-order valence-corrected chi connectivity index (χ4v) is 2.36. The van der Waals surface area contributed by atoms with Crippen molar-refractivity contribution in [1.29, 1.82) is 0 Å². The van der Waals surface area contributed by atoms with Crippen LogP contribution in [0.4, 0.5) is 0 Å². The summed E-state index contributed by atoms with van der Waals surface area (Å²) in [6.45, 7) is 1.97. The van der Waals surface area contributed by atoms with Crippen LogP contribution < -0.4 is 4.74 Å². The highest BCUT2D eigenvalue weighted by atomic mass is 32.2. The second kappa shape index (κ2) is 5.00. The Balaban J connectivity index is 3.03. The molecule has 3 nitrogen and oxygen atoms in total. The average Bonchev–Trinajstić information content (AvgIpc) is 2.18. The summed E-state index contributed by atoms with van der Waals surface area (Å²) in [5.41, 5.74) is 0. The van der Waals surface area contributed by atoms with Gasteiger partial charge in [-0.2, -0.15) is 0 Å². The highest BCUT2D eigenvalue weighted by Gasteiger charge is 2.10. The van der Waals surface area contributed by atoms with Gasteiger partial charge in [-0.25, -0.2) is 0 Å². The van der Waals surface area contributed by atoms with Crippen molar-refractivity contribution in [3.05, 3.63) is 18.2 Å². The molecule has 0 fully saturated rings. The van der Waals surface area contributed by atoms with Gasteiger partial charge in [0.25, 0.3) is 0 Å². The van der Waals surface area contributed by atoms with E-state index in [1.54, 1.807) is 6.07 Å². The van der Waals surface area contributed by atoms with Gasteiger partial charge in [0.1, 0.15) is 11.5 Å². The molecule has 0 aromatic heterocycles. The minimum absolute atomic E-state index is 0.116. The molecule has 1 aromatic carbocycles. The van der Waals surface area contributed by atoms with Crippen molar-refractivity contribution in [2.24, 2.45) is 0 Å². The summed E-state index contributed by atoms with van der Waals surface area (Å²) in [7, 11) is 0.437. The Morgan fingerprint density at radius 2 is 2.21 bits per heavy atom. The first-order chi connectivity index (χ1) is 6.69. The standard InChI is InChI=1S/C10H14O3S/c1-3-6-14(12)10-7-8(11)4-5-9(10)13-2/h4-5,7,11H,3,6H2,1-2H3. The maximum Gasteiger partial charge on any atom is 0.135 e. The number of ether oxygens (including phenoxy) is 1. The Morgan fingerprint density at radius 3 is 2.79 bits per heavy atom. The molecular weight excluding hydrogens is 200 g/mol. The highest BCUT2D eigenvalue weighted by Crippen LogP contribution is 2.26. The Kier molecular flexibility index (Phi) is 3.95. The molecule has 0 spiro atoms. The van der Waals surface area contributed by atoms with Gasteiger partial charge in [-0.15, -0.1) is 0 Å². The van der Waals surface area contributed by atoms with Crippen LogP contribution in [0.1, 0.15) is 13.3 Å². The van der Waals surface area contributed by atoms with E-state index in [0.717, 1.165) is 6.42 Å². The van der Waals surface area contributed by atoms with Crippen LogP contribution >= 0.6 is 0 Å². The van der Waals surface area contributed by atoms with Gasteiger partial charge in [0.2, 0.25) is 0 Å². The number of hydrogen-bond donors (Lipinski definition) is 1. The van der Waals surface area contributed by atoms with Crippen LogP contribution in [-0.4, -0.2) is 22.2 Å². The first-order valence-electron chi connectivity index (χ1n) is 4.44. The number of aromatic hydroxyl groups is 1. The monoisotopic (exact) mass is 214 g/mol. The first kappa shape index (κ1) is 11.0. The summed E-state index contributed by atoms with van der Waals surface area (Å²) >= 11 is 0. The van der Waals surface area contributed by atoms with Crippen LogP contribution in [-0.2, 0) is 10.8 Å². The van der Waals surface area contributed by atoms with Gasteiger partial charge in [-0.05, 0) is 24.6 Å². The molecule has 4 heteroatoms. The molecule has 1 aromatic rings. The summed E-state index contributed by atoms with van der Waals surface area (Å²) in [6, 6.07) is 4.63. The number of methoxy groups -OCH3 is 1. The Labute approximate surface area is 86.2 Å². The van der Waals surface area contributed by atoms with Crippen molar-refractivity contribution in [3.63, 3.8) is 0 Å². The smallest absolute Gasteiger partial charge is 0.135 e. The summed E-state index contributed by atoms with van der Waals surface area (Å²) in [4.78, 5) is 0.564. The third-order valence-corrected chi connectivity index (χ3v) is 3.37. The fraction of sp³-hybridized carbons (Fsp3) is 0.400. The number of phenolic OH excluding ortho intramolecular Hbond substituents is 1. The molecule has 1 unspecified atom stereocenters. The maximum absolute atomic E-state index is 11.7. The van der Waals surface area contributed by atoms with Crippen molar-refractivity contribution in [3.8, 4) is 11.5 Å². The first-order valence-corrected chi connectivity index (χ1v) is 5.76. The minimum atomic E-state index is -1.09. The lowest BCUT2D eigenvalue weighted by Crippen LogP contribution is -1.99. The largest absolute Gasteiger partial charge is 0.508 e. The zero-order chi connectivity index (χ0) is 10.6. The Hall–Kier alpha value is -1.03. The van der Waals surface area contributed by atoms with Gasteiger partial charge in [0, 0.05) is 5.75 Å². The predicted octanol–water partition coefficient (Wildman–Crippen LogP) is 1.92. The van der Waals surface area contributed by atoms with E-state index >= 15 is 0 Å². The minimum Gasteiger partial charge on any atom is -0.508 e. The molecule has 0 bridgehead atoms. The van der Waals surface area contributed by atoms with Crippen molar-refractivity contribution in [2.75, 3.05) is 12.9 Å². The topological polar surface area (TPSA) is 46.5 Å². The quantitative estimate of drug-likeness (QED) is 0.833. The molecule has 0 aliphatic heterocycles.